The molecule has 2 heteroatoms. The van der Waals surface area contributed by atoms with Gasteiger partial charge in [0.2, 0.25) is 5.91 Å². The highest BCUT2D eigenvalue weighted by molar-refractivity contribution is 5.75. The summed E-state index contributed by atoms with van der Waals surface area (Å²) in [7, 11) is 0. The minimum absolute atomic E-state index is 0.140. The van der Waals surface area contributed by atoms with Crippen LogP contribution in [-0.2, 0) is 17.8 Å². The molecule has 0 saturated heterocycles. The highest BCUT2D eigenvalue weighted by Crippen LogP contribution is 2.10. The van der Waals surface area contributed by atoms with Crippen LogP contribution in [0.1, 0.15) is 51.2 Å². The van der Waals surface area contributed by atoms with Crippen LogP contribution in [0.3, 0.4) is 0 Å². The number of carbonyl (C=O) groups excluding carboxylic acids is 1. The fraction of sp³-hybridized carbons (Fsp3) is 0.562. The topological polar surface area (TPSA) is 29.1 Å². The van der Waals surface area contributed by atoms with Gasteiger partial charge in [0.15, 0.2) is 0 Å². The lowest BCUT2D eigenvalue weighted by molar-refractivity contribution is -0.121. The average molecular weight is 247 g/mol. The van der Waals surface area contributed by atoms with Crippen LogP contribution in [-0.4, -0.2) is 5.91 Å². The second kappa shape index (κ2) is 7.91. The zero-order chi connectivity index (χ0) is 13.4. The van der Waals surface area contributed by atoms with Crippen LogP contribution in [0.2, 0.25) is 0 Å². The molecule has 0 heterocycles. The predicted octanol–water partition coefficient (Wildman–Crippen LogP) is 3.69. The molecule has 0 aliphatic heterocycles. The maximum atomic E-state index is 11.3. The van der Waals surface area contributed by atoms with E-state index in [1.54, 1.807) is 0 Å². The molecule has 0 saturated carbocycles. The summed E-state index contributed by atoms with van der Waals surface area (Å²) in [5.74, 6) is 0.888. The van der Waals surface area contributed by atoms with Gasteiger partial charge in [0.05, 0.1) is 0 Å². The van der Waals surface area contributed by atoms with Crippen molar-refractivity contribution >= 4 is 5.91 Å². The minimum atomic E-state index is 0.140. The number of benzene rings is 1. The standard InChI is InChI=1S/C16H25NO/c1-4-5-16(18)17-12-15-10-8-14(9-11-15)7-6-13(2)3/h8-11,13H,4-7,12H2,1-3H3,(H,17,18). The van der Waals surface area contributed by atoms with E-state index in [4.69, 9.17) is 0 Å². The third-order valence-electron chi connectivity index (χ3n) is 3.00. The molecule has 18 heavy (non-hydrogen) atoms. The monoisotopic (exact) mass is 247 g/mol. The largest absolute Gasteiger partial charge is 0.352 e. The van der Waals surface area contributed by atoms with Gasteiger partial charge in [-0.25, -0.2) is 0 Å². The number of rotatable bonds is 7. The Morgan fingerprint density at radius 3 is 2.33 bits per heavy atom. The highest BCUT2D eigenvalue weighted by Gasteiger charge is 2.00. The Bertz CT molecular complexity index is 354. The van der Waals surface area contributed by atoms with Crippen molar-refractivity contribution in [1.29, 1.82) is 0 Å². The molecule has 1 amide bonds. The van der Waals surface area contributed by atoms with E-state index in [0.717, 1.165) is 18.8 Å². The van der Waals surface area contributed by atoms with Gasteiger partial charge in [0, 0.05) is 13.0 Å². The molecule has 100 valence electrons. The second-order valence-electron chi connectivity index (χ2n) is 5.28. The van der Waals surface area contributed by atoms with Gasteiger partial charge in [0.1, 0.15) is 0 Å². The molecule has 0 fully saturated rings. The summed E-state index contributed by atoms with van der Waals surface area (Å²) in [6.07, 6.45) is 3.89. The summed E-state index contributed by atoms with van der Waals surface area (Å²) in [4.78, 5) is 11.3. The number of aryl methyl sites for hydroxylation is 1. The number of nitrogens with one attached hydrogen (secondary N) is 1. The van der Waals surface area contributed by atoms with Crippen molar-refractivity contribution in [3.63, 3.8) is 0 Å². The molecular formula is C16H25NO. The number of amides is 1. The zero-order valence-electron chi connectivity index (χ0n) is 11.8. The summed E-state index contributed by atoms with van der Waals surface area (Å²) in [6.45, 7) is 7.15. The quantitative estimate of drug-likeness (QED) is 0.782. The number of hydrogen-bond acceptors (Lipinski definition) is 1. The Morgan fingerprint density at radius 2 is 1.78 bits per heavy atom. The van der Waals surface area contributed by atoms with Gasteiger partial charge in [0.25, 0.3) is 0 Å². The Morgan fingerprint density at radius 1 is 1.17 bits per heavy atom. The first-order chi connectivity index (χ1) is 8.61. The Hall–Kier alpha value is -1.31. The fourth-order valence-corrected chi connectivity index (χ4v) is 1.80. The van der Waals surface area contributed by atoms with Gasteiger partial charge < -0.3 is 5.32 Å². The zero-order valence-corrected chi connectivity index (χ0v) is 11.8. The Kier molecular flexibility index (Phi) is 6.48. The third-order valence-corrected chi connectivity index (χ3v) is 3.00. The fourth-order valence-electron chi connectivity index (χ4n) is 1.80. The summed E-state index contributed by atoms with van der Waals surface area (Å²) in [5.41, 5.74) is 2.56. The molecular weight excluding hydrogens is 222 g/mol. The van der Waals surface area contributed by atoms with Crippen molar-refractivity contribution in [2.45, 2.75) is 53.0 Å². The van der Waals surface area contributed by atoms with Gasteiger partial charge in [-0.1, -0.05) is 45.0 Å². The summed E-state index contributed by atoms with van der Waals surface area (Å²) >= 11 is 0. The maximum absolute atomic E-state index is 11.3. The van der Waals surface area contributed by atoms with Crippen LogP contribution in [0.15, 0.2) is 24.3 Å². The van der Waals surface area contributed by atoms with Crippen molar-refractivity contribution < 1.29 is 4.79 Å². The number of carbonyl (C=O) groups is 1. The van der Waals surface area contributed by atoms with Crippen molar-refractivity contribution in [2.75, 3.05) is 0 Å². The van der Waals surface area contributed by atoms with Gasteiger partial charge in [-0.05, 0) is 36.3 Å². The average Bonchev–Trinajstić information content (AvgIpc) is 2.35. The van der Waals surface area contributed by atoms with E-state index in [9.17, 15) is 4.79 Å². The molecule has 0 radical (unpaired) electrons. The van der Waals surface area contributed by atoms with Crippen molar-refractivity contribution in [3.05, 3.63) is 35.4 Å². The van der Waals surface area contributed by atoms with Gasteiger partial charge in [-0.2, -0.15) is 0 Å². The maximum Gasteiger partial charge on any atom is 0.220 e. The van der Waals surface area contributed by atoms with Crippen LogP contribution in [0.4, 0.5) is 0 Å². The summed E-state index contributed by atoms with van der Waals surface area (Å²) < 4.78 is 0. The normalized spacial score (nSPS) is 10.7. The van der Waals surface area contributed by atoms with E-state index in [-0.39, 0.29) is 5.91 Å². The summed E-state index contributed by atoms with van der Waals surface area (Å²) in [6, 6.07) is 8.57. The first-order valence-electron chi connectivity index (χ1n) is 6.96. The van der Waals surface area contributed by atoms with E-state index in [2.05, 4.69) is 43.4 Å². The van der Waals surface area contributed by atoms with Gasteiger partial charge >= 0.3 is 0 Å². The van der Waals surface area contributed by atoms with Crippen LogP contribution < -0.4 is 5.32 Å². The molecule has 0 atom stereocenters. The van der Waals surface area contributed by atoms with E-state index >= 15 is 0 Å². The molecule has 0 unspecified atom stereocenters. The van der Waals surface area contributed by atoms with Crippen LogP contribution in [0.5, 0.6) is 0 Å². The number of hydrogen-bond donors (Lipinski definition) is 1. The van der Waals surface area contributed by atoms with Crippen LogP contribution >= 0.6 is 0 Å². The molecule has 0 aliphatic rings. The predicted molar refractivity (Wildman–Crippen MR) is 76.4 cm³/mol. The van der Waals surface area contributed by atoms with Crippen molar-refractivity contribution in [3.8, 4) is 0 Å². The van der Waals surface area contributed by atoms with Gasteiger partial charge in [-0.15, -0.1) is 0 Å². The third kappa shape index (κ3) is 5.85. The van der Waals surface area contributed by atoms with E-state index in [1.165, 1.54) is 17.5 Å². The first-order valence-corrected chi connectivity index (χ1v) is 6.96. The van der Waals surface area contributed by atoms with E-state index in [1.807, 2.05) is 6.92 Å². The molecule has 0 aromatic heterocycles. The molecule has 0 spiro atoms. The van der Waals surface area contributed by atoms with Crippen molar-refractivity contribution in [2.24, 2.45) is 5.92 Å². The molecule has 1 rings (SSSR count). The van der Waals surface area contributed by atoms with Gasteiger partial charge in [-0.3, -0.25) is 4.79 Å². The molecule has 0 bridgehead atoms. The first kappa shape index (κ1) is 14.7. The molecule has 1 aromatic rings. The van der Waals surface area contributed by atoms with Crippen molar-refractivity contribution in [1.82, 2.24) is 5.32 Å². The lowest BCUT2D eigenvalue weighted by atomic mass is 10.0. The molecule has 1 aromatic carbocycles. The smallest absolute Gasteiger partial charge is 0.220 e. The highest BCUT2D eigenvalue weighted by atomic mass is 16.1. The second-order valence-corrected chi connectivity index (χ2v) is 5.28. The van der Waals surface area contributed by atoms with Crippen LogP contribution in [0, 0.1) is 5.92 Å². The van der Waals surface area contributed by atoms with Crippen LogP contribution in [0.25, 0.3) is 0 Å². The molecule has 0 aliphatic carbocycles. The lowest BCUT2D eigenvalue weighted by Gasteiger charge is -2.07. The minimum Gasteiger partial charge on any atom is -0.352 e. The molecule has 1 N–H and O–H groups in total. The van der Waals surface area contributed by atoms with E-state index < -0.39 is 0 Å². The molecule has 2 nitrogen and oxygen atoms in total. The Labute approximate surface area is 111 Å². The summed E-state index contributed by atoms with van der Waals surface area (Å²) in [5, 5.41) is 2.93. The lowest BCUT2D eigenvalue weighted by Crippen LogP contribution is -2.21. The Balaban J connectivity index is 2.38. The SMILES string of the molecule is CCCC(=O)NCc1ccc(CCC(C)C)cc1. The van der Waals surface area contributed by atoms with E-state index in [0.29, 0.717) is 13.0 Å².